The zero-order valence-electron chi connectivity index (χ0n) is 17.2. The number of methoxy groups -OCH3 is 1. The smallest absolute Gasteiger partial charge is 0.328 e. The second kappa shape index (κ2) is 8.90. The Morgan fingerprint density at radius 1 is 1.03 bits per heavy atom. The molecule has 0 aliphatic carbocycles. The number of ether oxygens (including phenoxy) is 1. The van der Waals surface area contributed by atoms with E-state index < -0.39 is 29.7 Å². The first-order chi connectivity index (χ1) is 14.4. The highest BCUT2D eigenvalue weighted by molar-refractivity contribution is 6.22. The van der Waals surface area contributed by atoms with Crippen molar-refractivity contribution in [3.63, 3.8) is 0 Å². The Hall–Kier alpha value is -3.48. The van der Waals surface area contributed by atoms with Crippen LogP contribution in [0.3, 0.4) is 0 Å². The number of carbonyl (C=O) groups excluding carboxylic acids is 4. The van der Waals surface area contributed by atoms with Crippen LogP contribution >= 0.6 is 0 Å². The van der Waals surface area contributed by atoms with Gasteiger partial charge in [-0.05, 0) is 29.7 Å². The summed E-state index contributed by atoms with van der Waals surface area (Å²) in [7, 11) is 1.27. The Morgan fingerprint density at radius 3 is 2.33 bits per heavy atom. The van der Waals surface area contributed by atoms with Gasteiger partial charge in [0.1, 0.15) is 6.04 Å². The fourth-order valence-electron chi connectivity index (χ4n) is 3.36. The van der Waals surface area contributed by atoms with E-state index >= 15 is 0 Å². The van der Waals surface area contributed by atoms with Crippen LogP contribution < -0.4 is 5.32 Å². The quantitative estimate of drug-likeness (QED) is 0.562. The minimum Gasteiger partial charge on any atom is -0.467 e. The summed E-state index contributed by atoms with van der Waals surface area (Å²) in [6, 6.07) is 12.8. The van der Waals surface area contributed by atoms with Crippen molar-refractivity contribution in [2.45, 2.75) is 32.9 Å². The van der Waals surface area contributed by atoms with Crippen LogP contribution in [0.4, 0.5) is 0 Å². The molecule has 156 valence electrons. The van der Waals surface area contributed by atoms with Crippen LogP contribution in [0.5, 0.6) is 0 Å². The van der Waals surface area contributed by atoms with E-state index in [9.17, 15) is 19.2 Å². The Bertz CT molecular complexity index is 986. The van der Waals surface area contributed by atoms with Crippen LogP contribution in [0.2, 0.25) is 0 Å². The number of esters is 1. The molecule has 3 rings (SSSR count). The van der Waals surface area contributed by atoms with Crippen molar-refractivity contribution < 1.29 is 23.9 Å². The molecule has 1 aliphatic heterocycles. The molecule has 0 fully saturated rings. The second-order valence-corrected chi connectivity index (χ2v) is 7.30. The predicted molar refractivity (Wildman–Crippen MR) is 110 cm³/mol. The van der Waals surface area contributed by atoms with Gasteiger partial charge in [0.05, 0.1) is 24.8 Å². The molecule has 0 saturated heterocycles. The van der Waals surface area contributed by atoms with Gasteiger partial charge in [0, 0.05) is 5.56 Å². The summed E-state index contributed by atoms with van der Waals surface area (Å²) in [6.45, 7) is 3.91. The second-order valence-electron chi connectivity index (χ2n) is 7.30. The van der Waals surface area contributed by atoms with Crippen molar-refractivity contribution in [1.82, 2.24) is 10.2 Å². The molecule has 0 saturated carbocycles. The van der Waals surface area contributed by atoms with Gasteiger partial charge in [0.15, 0.2) is 0 Å². The zero-order valence-corrected chi connectivity index (χ0v) is 17.2. The fourth-order valence-corrected chi connectivity index (χ4v) is 3.36. The summed E-state index contributed by atoms with van der Waals surface area (Å²) in [5, 5.41) is 2.68. The molecule has 2 aromatic carbocycles. The first kappa shape index (κ1) is 21.2. The monoisotopic (exact) mass is 408 g/mol. The summed E-state index contributed by atoms with van der Waals surface area (Å²) < 4.78 is 4.79. The molecule has 1 N–H and O–H groups in total. The molecule has 0 aromatic heterocycles. The van der Waals surface area contributed by atoms with Gasteiger partial charge < -0.3 is 10.1 Å². The molecule has 0 radical (unpaired) electrons. The standard InChI is InChI=1S/C23H24N2O5/c1-4-14(2)19(23(29)30-3)24-20(26)16-10-11-17-18(12-16)22(28)25(21(17)27)13-15-8-6-5-7-9-15/h5-12,14,19H,4,13H2,1-3H3,(H,24,26)/t14-,19-/m0/s1. The van der Waals surface area contributed by atoms with Gasteiger partial charge in [-0.3, -0.25) is 19.3 Å². The molecule has 2 aromatic rings. The third-order valence-electron chi connectivity index (χ3n) is 5.37. The molecule has 1 aliphatic rings. The van der Waals surface area contributed by atoms with Crippen molar-refractivity contribution in [1.29, 1.82) is 0 Å². The van der Waals surface area contributed by atoms with Crippen LogP contribution in [-0.4, -0.2) is 41.7 Å². The lowest BCUT2D eigenvalue weighted by atomic mass is 9.98. The number of imide groups is 1. The van der Waals surface area contributed by atoms with Gasteiger partial charge in [-0.15, -0.1) is 0 Å². The topological polar surface area (TPSA) is 92.8 Å². The molecule has 30 heavy (non-hydrogen) atoms. The molecular formula is C23H24N2O5. The number of amides is 3. The van der Waals surface area contributed by atoms with Gasteiger partial charge in [0.2, 0.25) is 0 Å². The highest BCUT2D eigenvalue weighted by Crippen LogP contribution is 2.26. The number of fused-ring (bicyclic) bond motifs is 1. The van der Waals surface area contributed by atoms with Gasteiger partial charge in [-0.25, -0.2) is 4.79 Å². The lowest BCUT2D eigenvalue weighted by Gasteiger charge is -2.21. The number of nitrogens with one attached hydrogen (secondary N) is 1. The van der Waals surface area contributed by atoms with Crippen LogP contribution in [0, 0.1) is 5.92 Å². The van der Waals surface area contributed by atoms with Crippen LogP contribution in [0.25, 0.3) is 0 Å². The summed E-state index contributed by atoms with van der Waals surface area (Å²) in [5.41, 5.74) is 1.48. The van der Waals surface area contributed by atoms with E-state index in [4.69, 9.17) is 4.74 Å². The zero-order chi connectivity index (χ0) is 21.8. The van der Waals surface area contributed by atoms with E-state index in [0.717, 1.165) is 10.5 Å². The number of nitrogens with zero attached hydrogens (tertiary/aromatic N) is 1. The molecule has 7 heteroatoms. The Labute approximate surface area is 175 Å². The first-order valence-electron chi connectivity index (χ1n) is 9.80. The fraction of sp³-hybridized carbons (Fsp3) is 0.304. The molecule has 2 atom stereocenters. The maximum absolute atomic E-state index is 12.8. The van der Waals surface area contributed by atoms with Crippen LogP contribution in [-0.2, 0) is 16.1 Å². The SMILES string of the molecule is CC[C@H](C)[C@H](NC(=O)c1ccc2c(c1)C(=O)N(Cc1ccccc1)C2=O)C(=O)OC. The molecule has 0 unspecified atom stereocenters. The number of benzene rings is 2. The molecule has 3 amide bonds. The average Bonchev–Trinajstić information content (AvgIpc) is 3.01. The highest BCUT2D eigenvalue weighted by Gasteiger charge is 2.36. The third-order valence-corrected chi connectivity index (χ3v) is 5.37. The normalized spacial score (nSPS) is 14.8. The van der Waals surface area contributed by atoms with Gasteiger partial charge in [-0.1, -0.05) is 50.6 Å². The Morgan fingerprint density at radius 2 is 1.70 bits per heavy atom. The number of carbonyl (C=O) groups is 4. The van der Waals surface area contributed by atoms with E-state index in [1.54, 1.807) is 0 Å². The molecule has 0 spiro atoms. The van der Waals surface area contributed by atoms with E-state index in [1.807, 2.05) is 44.2 Å². The first-order valence-corrected chi connectivity index (χ1v) is 9.80. The number of hydrogen-bond acceptors (Lipinski definition) is 5. The maximum atomic E-state index is 12.8. The molecule has 7 nitrogen and oxygen atoms in total. The Balaban J connectivity index is 1.82. The number of hydrogen-bond donors (Lipinski definition) is 1. The summed E-state index contributed by atoms with van der Waals surface area (Å²) >= 11 is 0. The molecule has 1 heterocycles. The van der Waals surface area contributed by atoms with Crippen molar-refractivity contribution in [2.24, 2.45) is 5.92 Å². The molecular weight excluding hydrogens is 384 g/mol. The molecule has 0 bridgehead atoms. The lowest BCUT2D eigenvalue weighted by Crippen LogP contribution is -2.45. The summed E-state index contributed by atoms with van der Waals surface area (Å²) in [4.78, 5) is 51.4. The Kier molecular flexibility index (Phi) is 6.30. The van der Waals surface area contributed by atoms with Gasteiger partial charge >= 0.3 is 5.97 Å². The van der Waals surface area contributed by atoms with E-state index in [1.165, 1.54) is 25.3 Å². The van der Waals surface area contributed by atoms with Crippen molar-refractivity contribution in [2.75, 3.05) is 7.11 Å². The van der Waals surface area contributed by atoms with Gasteiger partial charge in [0.25, 0.3) is 17.7 Å². The minimum absolute atomic E-state index is 0.125. The summed E-state index contributed by atoms with van der Waals surface area (Å²) in [5.74, 6) is -1.99. The van der Waals surface area contributed by atoms with E-state index in [0.29, 0.717) is 6.42 Å². The van der Waals surface area contributed by atoms with Crippen molar-refractivity contribution in [3.05, 3.63) is 70.8 Å². The summed E-state index contributed by atoms with van der Waals surface area (Å²) in [6.07, 6.45) is 0.672. The minimum atomic E-state index is -0.798. The average molecular weight is 408 g/mol. The van der Waals surface area contributed by atoms with Crippen molar-refractivity contribution >= 4 is 23.7 Å². The maximum Gasteiger partial charge on any atom is 0.328 e. The van der Waals surface area contributed by atoms with Crippen LogP contribution in [0.1, 0.15) is 56.9 Å². The van der Waals surface area contributed by atoms with Crippen LogP contribution in [0.15, 0.2) is 48.5 Å². The van der Waals surface area contributed by atoms with E-state index in [-0.39, 0.29) is 29.2 Å². The largest absolute Gasteiger partial charge is 0.467 e. The predicted octanol–water partition coefficient (Wildman–Crippen LogP) is 2.80. The van der Waals surface area contributed by atoms with E-state index in [2.05, 4.69) is 5.32 Å². The van der Waals surface area contributed by atoms with Crippen molar-refractivity contribution in [3.8, 4) is 0 Å². The number of rotatable bonds is 7. The van der Waals surface area contributed by atoms with Gasteiger partial charge in [-0.2, -0.15) is 0 Å². The third kappa shape index (κ3) is 4.10. The lowest BCUT2D eigenvalue weighted by molar-refractivity contribution is -0.144. The highest BCUT2D eigenvalue weighted by atomic mass is 16.5.